The van der Waals surface area contributed by atoms with E-state index in [-0.39, 0.29) is 23.2 Å². The van der Waals surface area contributed by atoms with Crippen LogP contribution in [-0.4, -0.2) is 44.5 Å². The number of aromatic amines is 1. The van der Waals surface area contributed by atoms with Gasteiger partial charge in [-0.25, -0.2) is 0 Å². The third-order valence-corrected chi connectivity index (χ3v) is 4.89. The molecule has 0 unspecified atom stereocenters. The Labute approximate surface area is 122 Å². The number of nitrogens with zero attached hydrogens (tertiary/aromatic N) is 4. The number of amides is 1. The summed E-state index contributed by atoms with van der Waals surface area (Å²) in [5, 5.41) is 14.0. The summed E-state index contributed by atoms with van der Waals surface area (Å²) >= 11 is 0. The first-order valence-corrected chi connectivity index (χ1v) is 7.26. The van der Waals surface area contributed by atoms with Gasteiger partial charge in [0.15, 0.2) is 5.82 Å². The molecule has 108 valence electrons. The number of tetrazole rings is 1. The molecule has 4 rings (SSSR count). The second-order valence-electron chi connectivity index (χ2n) is 6.25. The molecule has 1 aromatic heterocycles. The van der Waals surface area contributed by atoms with Crippen LogP contribution in [0.3, 0.4) is 0 Å². The van der Waals surface area contributed by atoms with E-state index >= 15 is 0 Å². The summed E-state index contributed by atoms with van der Waals surface area (Å²) in [6.07, 6.45) is 0.944. The minimum Gasteiger partial charge on any atom is -0.341 e. The fourth-order valence-corrected chi connectivity index (χ4v) is 3.25. The molecule has 2 aromatic rings. The predicted octanol–water partition coefficient (Wildman–Crippen LogP) is 1.10. The van der Waals surface area contributed by atoms with E-state index in [4.69, 9.17) is 0 Å². The highest BCUT2D eigenvalue weighted by Gasteiger charge is 2.57. The molecule has 1 amide bonds. The molecule has 0 spiro atoms. The van der Waals surface area contributed by atoms with Crippen LogP contribution in [0, 0.1) is 5.92 Å². The maximum atomic E-state index is 12.6. The highest BCUT2D eigenvalue weighted by Crippen LogP contribution is 2.55. The zero-order valence-electron chi connectivity index (χ0n) is 11.9. The molecule has 2 atom stereocenters. The van der Waals surface area contributed by atoms with Crippen LogP contribution in [0.2, 0.25) is 0 Å². The van der Waals surface area contributed by atoms with Crippen molar-refractivity contribution in [3.05, 3.63) is 41.7 Å². The molecule has 1 saturated heterocycles. The molecular weight excluding hydrogens is 266 g/mol. The molecular formula is C15H17N5O. The standard InChI is InChI=1S/C15H17N5O/c1-15(11-5-3-2-4-6-11)7-12(15)14(21)20-8-10(9-20)13-16-18-19-17-13/h2-6,10,12H,7-9H2,1H3,(H,16,17,18,19)/t12-,15+/m0/s1. The fraction of sp³-hybridized carbons (Fsp3) is 0.467. The van der Waals surface area contributed by atoms with Crippen LogP contribution in [0.5, 0.6) is 0 Å². The Morgan fingerprint density at radius 2 is 2.10 bits per heavy atom. The SMILES string of the molecule is C[C@]1(c2ccccc2)C[C@H]1C(=O)N1CC(c2nn[nH]n2)C1. The van der Waals surface area contributed by atoms with Crippen molar-refractivity contribution in [1.82, 2.24) is 25.5 Å². The van der Waals surface area contributed by atoms with Crippen LogP contribution >= 0.6 is 0 Å². The van der Waals surface area contributed by atoms with E-state index in [1.54, 1.807) is 0 Å². The minimum atomic E-state index is 0.00949. The van der Waals surface area contributed by atoms with Gasteiger partial charge in [-0.15, -0.1) is 10.2 Å². The molecule has 1 aliphatic heterocycles. The van der Waals surface area contributed by atoms with E-state index in [1.165, 1.54) is 5.56 Å². The minimum absolute atomic E-state index is 0.00949. The number of nitrogens with one attached hydrogen (secondary N) is 1. The quantitative estimate of drug-likeness (QED) is 0.915. The molecule has 2 heterocycles. The van der Waals surface area contributed by atoms with Gasteiger partial charge in [0.05, 0.1) is 5.92 Å². The number of rotatable bonds is 3. The molecule has 21 heavy (non-hydrogen) atoms. The van der Waals surface area contributed by atoms with Crippen LogP contribution in [0.25, 0.3) is 0 Å². The monoisotopic (exact) mass is 283 g/mol. The van der Waals surface area contributed by atoms with Crippen LogP contribution < -0.4 is 0 Å². The van der Waals surface area contributed by atoms with Crippen molar-refractivity contribution in [3.63, 3.8) is 0 Å². The zero-order valence-corrected chi connectivity index (χ0v) is 11.9. The normalized spacial score (nSPS) is 28.2. The second-order valence-corrected chi connectivity index (χ2v) is 6.25. The second kappa shape index (κ2) is 4.38. The van der Waals surface area contributed by atoms with E-state index in [0.717, 1.165) is 6.42 Å². The maximum absolute atomic E-state index is 12.6. The average Bonchev–Trinajstić information content (AvgIpc) is 2.90. The van der Waals surface area contributed by atoms with Crippen LogP contribution in [-0.2, 0) is 10.2 Å². The van der Waals surface area contributed by atoms with Gasteiger partial charge in [-0.3, -0.25) is 4.79 Å². The lowest BCUT2D eigenvalue weighted by Crippen LogP contribution is -2.50. The van der Waals surface area contributed by atoms with Gasteiger partial charge >= 0.3 is 0 Å². The van der Waals surface area contributed by atoms with Crippen LogP contribution in [0.1, 0.15) is 30.7 Å². The highest BCUT2D eigenvalue weighted by molar-refractivity contribution is 5.85. The molecule has 2 fully saturated rings. The van der Waals surface area contributed by atoms with Crippen molar-refractivity contribution in [2.24, 2.45) is 5.92 Å². The maximum Gasteiger partial charge on any atom is 0.226 e. The van der Waals surface area contributed by atoms with Crippen molar-refractivity contribution in [1.29, 1.82) is 0 Å². The third kappa shape index (κ3) is 1.93. The summed E-state index contributed by atoms with van der Waals surface area (Å²) in [5.74, 6) is 1.32. The molecule has 0 bridgehead atoms. The number of hydrogen-bond donors (Lipinski definition) is 1. The Bertz CT molecular complexity index is 650. The van der Waals surface area contributed by atoms with Gasteiger partial charge in [-0.05, 0) is 12.0 Å². The number of likely N-dealkylation sites (tertiary alicyclic amines) is 1. The first-order chi connectivity index (χ1) is 10.2. The molecule has 6 nitrogen and oxygen atoms in total. The Balaban J connectivity index is 1.40. The lowest BCUT2D eigenvalue weighted by Gasteiger charge is -2.38. The van der Waals surface area contributed by atoms with Crippen molar-refractivity contribution in [3.8, 4) is 0 Å². The number of hydrogen-bond acceptors (Lipinski definition) is 4. The van der Waals surface area contributed by atoms with Gasteiger partial charge in [-0.1, -0.05) is 42.5 Å². The molecule has 1 aliphatic carbocycles. The summed E-state index contributed by atoms with van der Waals surface area (Å²) in [5.41, 5.74) is 1.27. The smallest absolute Gasteiger partial charge is 0.226 e. The first-order valence-electron chi connectivity index (χ1n) is 7.26. The Kier molecular flexibility index (Phi) is 2.60. The van der Waals surface area contributed by atoms with Gasteiger partial charge in [0.2, 0.25) is 5.91 Å². The van der Waals surface area contributed by atoms with Crippen LogP contribution in [0.15, 0.2) is 30.3 Å². The number of aromatic nitrogens is 4. The zero-order chi connectivity index (χ0) is 14.4. The molecule has 6 heteroatoms. The fourth-order valence-electron chi connectivity index (χ4n) is 3.25. The third-order valence-electron chi connectivity index (χ3n) is 4.89. The number of benzene rings is 1. The molecule has 1 aromatic carbocycles. The van der Waals surface area contributed by atoms with Gasteiger partial charge < -0.3 is 4.90 Å². The number of carbonyl (C=O) groups excluding carboxylic acids is 1. The summed E-state index contributed by atoms with van der Waals surface area (Å²) in [7, 11) is 0. The van der Waals surface area contributed by atoms with Crippen molar-refractivity contribution < 1.29 is 4.79 Å². The summed E-state index contributed by atoms with van der Waals surface area (Å²) in [6, 6.07) is 10.3. The van der Waals surface area contributed by atoms with Gasteiger partial charge in [0.25, 0.3) is 0 Å². The first kappa shape index (κ1) is 12.5. The van der Waals surface area contributed by atoms with Crippen LogP contribution in [0.4, 0.5) is 0 Å². The number of H-pyrrole nitrogens is 1. The van der Waals surface area contributed by atoms with E-state index in [9.17, 15) is 4.79 Å². The summed E-state index contributed by atoms with van der Waals surface area (Å²) in [6.45, 7) is 3.60. The summed E-state index contributed by atoms with van der Waals surface area (Å²) in [4.78, 5) is 14.5. The van der Waals surface area contributed by atoms with Gasteiger partial charge in [0.1, 0.15) is 0 Å². The van der Waals surface area contributed by atoms with E-state index in [0.29, 0.717) is 18.9 Å². The topological polar surface area (TPSA) is 74.8 Å². The van der Waals surface area contributed by atoms with Crippen molar-refractivity contribution in [2.75, 3.05) is 13.1 Å². The van der Waals surface area contributed by atoms with E-state index in [2.05, 4.69) is 39.7 Å². The largest absolute Gasteiger partial charge is 0.341 e. The Morgan fingerprint density at radius 3 is 2.76 bits per heavy atom. The average molecular weight is 283 g/mol. The lowest BCUT2D eigenvalue weighted by atomic mass is 9.93. The van der Waals surface area contributed by atoms with Crippen molar-refractivity contribution >= 4 is 5.91 Å². The van der Waals surface area contributed by atoms with E-state index in [1.807, 2.05) is 23.1 Å². The highest BCUT2D eigenvalue weighted by atomic mass is 16.2. The van der Waals surface area contributed by atoms with E-state index < -0.39 is 0 Å². The van der Waals surface area contributed by atoms with Gasteiger partial charge in [0, 0.05) is 24.4 Å². The number of carbonyl (C=O) groups is 1. The Morgan fingerprint density at radius 1 is 1.33 bits per heavy atom. The summed E-state index contributed by atoms with van der Waals surface area (Å²) < 4.78 is 0. The molecule has 1 N–H and O–H groups in total. The predicted molar refractivity (Wildman–Crippen MR) is 75.4 cm³/mol. The molecule has 1 saturated carbocycles. The molecule has 0 radical (unpaired) electrons. The molecule has 2 aliphatic rings. The van der Waals surface area contributed by atoms with Gasteiger partial charge in [-0.2, -0.15) is 5.21 Å². The Hall–Kier alpha value is -2.24. The lowest BCUT2D eigenvalue weighted by molar-refractivity contribution is -0.137. The van der Waals surface area contributed by atoms with Crippen molar-refractivity contribution in [2.45, 2.75) is 24.7 Å².